The molecule has 0 aliphatic carbocycles. The molecule has 31 heavy (non-hydrogen) atoms. The summed E-state index contributed by atoms with van der Waals surface area (Å²) < 4.78 is 12.6. The molecule has 1 amide bonds. The van der Waals surface area contributed by atoms with Gasteiger partial charge in [0.1, 0.15) is 11.5 Å². The van der Waals surface area contributed by atoms with Crippen LogP contribution in [0.1, 0.15) is 18.7 Å². The Morgan fingerprint density at radius 1 is 1.10 bits per heavy atom. The fourth-order valence-corrected chi connectivity index (χ4v) is 3.89. The van der Waals surface area contributed by atoms with Gasteiger partial charge in [0.05, 0.1) is 25.2 Å². The van der Waals surface area contributed by atoms with Gasteiger partial charge in [-0.05, 0) is 55.5 Å². The molecule has 2 heterocycles. The minimum Gasteiger partial charge on any atom is -0.497 e. The van der Waals surface area contributed by atoms with Crippen LogP contribution in [-0.4, -0.2) is 33.5 Å². The van der Waals surface area contributed by atoms with Crippen molar-refractivity contribution in [1.82, 2.24) is 20.1 Å². The Morgan fingerprint density at radius 2 is 1.87 bits per heavy atom. The summed E-state index contributed by atoms with van der Waals surface area (Å²) in [5, 5.41) is 12.3. The van der Waals surface area contributed by atoms with Crippen molar-refractivity contribution in [2.24, 2.45) is 0 Å². The van der Waals surface area contributed by atoms with E-state index in [1.54, 1.807) is 19.4 Å². The largest absolute Gasteiger partial charge is 0.497 e. The van der Waals surface area contributed by atoms with Crippen molar-refractivity contribution in [2.45, 2.75) is 18.1 Å². The van der Waals surface area contributed by atoms with E-state index in [2.05, 4.69) is 15.5 Å². The topological polar surface area (TPSA) is 82.2 Å². The SMILES string of the molecule is COc1ccc(-c2nnc(SCC(=O)NC(C)c3ccco3)n2-c2ccccc2)cc1. The molecule has 1 atom stereocenters. The average Bonchev–Trinajstić information content (AvgIpc) is 3.49. The first-order valence-corrected chi connectivity index (χ1v) is 10.7. The van der Waals surface area contributed by atoms with Crippen molar-refractivity contribution >= 4 is 17.7 Å². The molecule has 0 aliphatic heterocycles. The lowest BCUT2D eigenvalue weighted by Crippen LogP contribution is -2.28. The highest BCUT2D eigenvalue weighted by Crippen LogP contribution is 2.29. The zero-order chi connectivity index (χ0) is 21.6. The van der Waals surface area contributed by atoms with Crippen LogP contribution in [0.4, 0.5) is 0 Å². The Bertz CT molecular complexity index is 1130. The number of aromatic nitrogens is 3. The fraction of sp³-hybridized carbons (Fsp3) is 0.174. The van der Waals surface area contributed by atoms with E-state index in [9.17, 15) is 4.79 Å². The molecular formula is C23H22N4O3S. The summed E-state index contributed by atoms with van der Waals surface area (Å²) in [6.45, 7) is 1.88. The van der Waals surface area contributed by atoms with Gasteiger partial charge in [-0.1, -0.05) is 30.0 Å². The Hall–Kier alpha value is -3.52. The number of para-hydroxylation sites is 1. The molecule has 158 valence electrons. The first-order valence-electron chi connectivity index (χ1n) is 9.76. The molecule has 0 saturated carbocycles. The molecule has 0 saturated heterocycles. The first kappa shape index (κ1) is 20.7. The van der Waals surface area contributed by atoms with Crippen molar-refractivity contribution in [3.63, 3.8) is 0 Å². The van der Waals surface area contributed by atoms with Crippen LogP contribution < -0.4 is 10.1 Å². The summed E-state index contributed by atoms with van der Waals surface area (Å²) in [7, 11) is 1.63. The highest BCUT2D eigenvalue weighted by Gasteiger charge is 2.18. The van der Waals surface area contributed by atoms with E-state index >= 15 is 0 Å². The Labute approximate surface area is 184 Å². The lowest BCUT2D eigenvalue weighted by molar-refractivity contribution is -0.119. The molecule has 1 N–H and O–H groups in total. The van der Waals surface area contributed by atoms with Gasteiger partial charge in [-0.25, -0.2) is 0 Å². The summed E-state index contributed by atoms with van der Waals surface area (Å²) >= 11 is 1.33. The number of carbonyl (C=O) groups excluding carboxylic acids is 1. The highest BCUT2D eigenvalue weighted by molar-refractivity contribution is 7.99. The standard InChI is InChI=1S/C23H22N4O3S/c1-16(20-9-6-14-30-20)24-21(28)15-31-23-26-25-22(17-10-12-19(29-2)13-11-17)27(23)18-7-4-3-5-8-18/h3-14,16H,15H2,1-2H3,(H,24,28). The maximum absolute atomic E-state index is 12.5. The summed E-state index contributed by atoms with van der Waals surface area (Å²) in [5.41, 5.74) is 1.82. The normalized spacial score (nSPS) is 11.8. The van der Waals surface area contributed by atoms with Gasteiger partial charge in [0.15, 0.2) is 11.0 Å². The van der Waals surface area contributed by atoms with Crippen molar-refractivity contribution in [1.29, 1.82) is 0 Å². The van der Waals surface area contributed by atoms with Gasteiger partial charge in [-0.3, -0.25) is 9.36 Å². The van der Waals surface area contributed by atoms with Crippen LogP contribution >= 0.6 is 11.8 Å². The van der Waals surface area contributed by atoms with Gasteiger partial charge >= 0.3 is 0 Å². The Balaban J connectivity index is 1.56. The van der Waals surface area contributed by atoms with E-state index in [0.29, 0.717) is 16.7 Å². The zero-order valence-corrected chi connectivity index (χ0v) is 18.0. The molecule has 1 unspecified atom stereocenters. The minimum absolute atomic E-state index is 0.109. The van der Waals surface area contributed by atoms with Crippen molar-refractivity contribution in [3.8, 4) is 22.8 Å². The maximum Gasteiger partial charge on any atom is 0.231 e. The number of nitrogens with zero attached hydrogens (tertiary/aromatic N) is 3. The molecule has 0 fully saturated rings. The second-order valence-corrected chi connectivity index (χ2v) is 7.74. The molecular weight excluding hydrogens is 412 g/mol. The van der Waals surface area contributed by atoms with E-state index in [-0.39, 0.29) is 17.7 Å². The highest BCUT2D eigenvalue weighted by atomic mass is 32.2. The molecule has 4 aromatic rings. The van der Waals surface area contributed by atoms with Crippen LogP contribution in [0.2, 0.25) is 0 Å². The number of thioether (sulfide) groups is 1. The molecule has 0 aliphatic rings. The third-order valence-corrected chi connectivity index (χ3v) is 5.60. The van der Waals surface area contributed by atoms with Crippen LogP contribution in [0, 0.1) is 0 Å². The molecule has 8 heteroatoms. The number of ether oxygens (including phenoxy) is 1. The number of furan rings is 1. The number of methoxy groups -OCH3 is 1. The first-order chi connectivity index (χ1) is 15.2. The predicted octanol–water partition coefficient (Wildman–Crippen LogP) is 4.51. The fourth-order valence-electron chi connectivity index (χ4n) is 3.12. The number of nitrogens with one attached hydrogen (secondary N) is 1. The Kier molecular flexibility index (Phi) is 6.37. The summed E-state index contributed by atoms with van der Waals surface area (Å²) in [4.78, 5) is 12.5. The lowest BCUT2D eigenvalue weighted by Gasteiger charge is -2.12. The summed E-state index contributed by atoms with van der Waals surface area (Å²) in [6.07, 6.45) is 1.59. The molecule has 0 radical (unpaired) electrons. The van der Waals surface area contributed by atoms with Gasteiger partial charge in [-0.2, -0.15) is 0 Å². The van der Waals surface area contributed by atoms with Crippen molar-refractivity contribution in [2.75, 3.05) is 12.9 Å². The van der Waals surface area contributed by atoms with Crippen LogP contribution in [0.3, 0.4) is 0 Å². The van der Waals surface area contributed by atoms with Gasteiger partial charge in [0.2, 0.25) is 5.91 Å². The summed E-state index contributed by atoms with van der Waals surface area (Å²) in [6, 6.07) is 20.9. The monoisotopic (exact) mass is 434 g/mol. The van der Waals surface area contributed by atoms with E-state index in [1.807, 2.05) is 72.2 Å². The van der Waals surface area contributed by atoms with E-state index in [4.69, 9.17) is 9.15 Å². The minimum atomic E-state index is -0.204. The third kappa shape index (κ3) is 4.80. The van der Waals surface area contributed by atoms with Crippen molar-refractivity contribution in [3.05, 3.63) is 78.8 Å². The van der Waals surface area contributed by atoms with Gasteiger partial charge in [0.25, 0.3) is 0 Å². The molecule has 0 bridgehead atoms. The molecule has 7 nitrogen and oxygen atoms in total. The molecule has 0 spiro atoms. The smallest absolute Gasteiger partial charge is 0.231 e. The van der Waals surface area contributed by atoms with Gasteiger partial charge in [0, 0.05) is 11.3 Å². The second kappa shape index (κ2) is 9.53. The number of hydrogen-bond donors (Lipinski definition) is 1. The number of rotatable bonds is 8. The number of benzene rings is 2. The molecule has 2 aromatic heterocycles. The zero-order valence-electron chi connectivity index (χ0n) is 17.2. The van der Waals surface area contributed by atoms with E-state index < -0.39 is 0 Å². The Morgan fingerprint density at radius 3 is 2.55 bits per heavy atom. The second-order valence-electron chi connectivity index (χ2n) is 6.80. The van der Waals surface area contributed by atoms with Crippen LogP contribution in [-0.2, 0) is 4.79 Å². The van der Waals surface area contributed by atoms with Gasteiger partial charge < -0.3 is 14.5 Å². The lowest BCUT2D eigenvalue weighted by atomic mass is 10.2. The quantitative estimate of drug-likeness (QED) is 0.411. The number of hydrogen-bond acceptors (Lipinski definition) is 6. The van der Waals surface area contributed by atoms with Crippen molar-refractivity contribution < 1.29 is 13.9 Å². The third-order valence-electron chi connectivity index (χ3n) is 4.68. The maximum atomic E-state index is 12.5. The molecule has 4 rings (SSSR count). The average molecular weight is 435 g/mol. The predicted molar refractivity (Wildman–Crippen MR) is 119 cm³/mol. The van der Waals surface area contributed by atoms with E-state index in [0.717, 1.165) is 17.0 Å². The van der Waals surface area contributed by atoms with E-state index in [1.165, 1.54) is 11.8 Å². The van der Waals surface area contributed by atoms with Crippen LogP contribution in [0.5, 0.6) is 5.75 Å². The van der Waals surface area contributed by atoms with Gasteiger partial charge in [-0.15, -0.1) is 10.2 Å². The summed E-state index contributed by atoms with van der Waals surface area (Å²) in [5.74, 6) is 2.28. The van der Waals surface area contributed by atoms with Crippen LogP contribution in [0.25, 0.3) is 17.1 Å². The molecule has 2 aromatic carbocycles. The number of carbonyl (C=O) groups is 1. The van der Waals surface area contributed by atoms with Crippen LogP contribution in [0.15, 0.2) is 82.6 Å². The number of amides is 1.